The first kappa shape index (κ1) is 12.0. The summed E-state index contributed by atoms with van der Waals surface area (Å²) in [6, 6.07) is 8.07. The van der Waals surface area contributed by atoms with Crippen LogP contribution in [0.2, 0.25) is 4.34 Å². The molecule has 0 unspecified atom stereocenters. The summed E-state index contributed by atoms with van der Waals surface area (Å²) in [6.07, 6.45) is 0. The van der Waals surface area contributed by atoms with E-state index in [4.69, 9.17) is 11.6 Å². The molecule has 84 valence electrons. The van der Waals surface area contributed by atoms with Gasteiger partial charge in [-0.05, 0) is 19.2 Å². The summed E-state index contributed by atoms with van der Waals surface area (Å²) in [4.78, 5) is 4.51. The lowest BCUT2D eigenvalue weighted by Crippen LogP contribution is -2.05. The van der Waals surface area contributed by atoms with Crippen molar-refractivity contribution in [2.45, 2.75) is 6.54 Å². The largest absolute Gasteiger partial charge is 0.314 e. The van der Waals surface area contributed by atoms with E-state index in [-0.39, 0.29) is 0 Å². The van der Waals surface area contributed by atoms with Gasteiger partial charge in [0.1, 0.15) is 9.34 Å². The van der Waals surface area contributed by atoms with Crippen LogP contribution >= 0.6 is 38.9 Å². The quantitative estimate of drug-likeness (QED) is 0.927. The van der Waals surface area contributed by atoms with Crippen LogP contribution in [0.5, 0.6) is 0 Å². The second-order valence-electron chi connectivity index (χ2n) is 3.28. The Labute approximate surface area is 112 Å². The van der Waals surface area contributed by atoms with Gasteiger partial charge < -0.3 is 5.32 Å². The van der Waals surface area contributed by atoms with Gasteiger partial charge in [-0.25, -0.2) is 4.98 Å². The third kappa shape index (κ3) is 2.63. The number of nitrogens with one attached hydrogen (secondary N) is 1. The van der Waals surface area contributed by atoms with Crippen molar-refractivity contribution in [1.82, 2.24) is 10.3 Å². The van der Waals surface area contributed by atoms with E-state index in [1.54, 1.807) is 0 Å². The lowest BCUT2D eigenvalue weighted by Gasteiger charge is -1.96. The molecule has 0 bridgehead atoms. The minimum atomic E-state index is 0.700. The number of thiazole rings is 1. The van der Waals surface area contributed by atoms with E-state index < -0.39 is 0 Å². The molecule has 0 amide bonds. The molecular formula is C11H10BrClN2S. The van der Waals surface area contributed by atoms with Crippen molar-refractivity contribution in [2.24, 2.45) is 0 Å². The Balaban J connectivity index is 2.33. The fourth-order valence-electron chi connectivity index (χ4n) is 1.33. The third-order valence-electron chi connectivity index (χ3n) is 2.09. The molecule has 2 aromatic rings. The van der Waals surface area contributed by atoms with Crippen LogP contribution in [-0.4, -0.2) is 12.0 Å². The van der Waals surface area contributed by atoms with E-state index in [2.05, 4.69) is 26.2 Å². The average Bonchev–Trinajstić information content (AvgIpc) is 2.62. The zero-order valence-electron chi connectivity index (χ0n) is 8.63. The summed E-state index contributed by atoms with van der Waals surface area (Å²) in [5.74, 6) is 0. The van der Waals surface area contributed by atoms with E-state index in [0.717, 1.165) is 25.1 Å². The molecule has 0 saturated heterocycles. The number of hydrogen-bond acceptors (Lipinski definition) is 3. The Bertz CT molecular complexity index is 481. The highest BCUT2D eigenvalue weighted by Crippen LogP contribution is 2.32. The molecule has 2 nitrogen and oxygen atoms in total. The Kier molecular flexibility index (Phi) is 3.97. The lowest BCUT2D eigenvalue weighted by molar-refractivity contribution is 0.798. The fourth-order valence-corrected chi connectivity index (χ4v) is 2.73. The SMILES string of the molecule is CNCc1nc(-c2ccc(Br)cc2)sc1Cl. The summed E-state index contributed by atoms with van der Waals surface area (Å²) >= 11 is 11.0. The van der Waals surface area contributed by atoms with Gasteiger partial charge in [0.25, 0.3) is 0 Å². The van der Waals surface area contributed by atoms with E-state index in [1.165, 1.54) is 11.3 Å². The second kappa shape index (κ2) is 5.27. The lowest BCUT2D eigenvalue weighted by atomic mass is 10.2. The first-order valence-corrected chi connectivity index (χ1v) is 6.75. The molecule has 0 aliphatic rings. The van der Waals surface area contributed by atoms with Gasteiger partial charge in [-0.2, -0.15) is 0 Å². The molecule has 5 heteroatoms. The highest BCUT2D eigenvalue weighted by atomic mass is 79.9. The van der Waals surface area contributed by atoms with Gasteiger partial charge in [-0.3, -0.25) is 0 Å². The highest BCUT2D eigenvalue weighted by molar-refractivity contribution is 9.10. The van der Waals surface area contributed by atoms with Crippen LogP contribution in [-0.2, 0) is 6.54 Å². The van der Waals surface area contributed by atoms with Gasteiger partial charge in [-0.1, -0.05) is 39.7 Å². The maximum atomic E-state index is 6.11. The summed E-state index contributed by atoms with van der Waals surface area (Å²) in [5, 5.41) is 4.01. The second-order valence-corrected chi connectivity index (χ2v) is 5.79. The van der Waals surface area contributed by atoms with Crippen molar-refractivity contribution in [2.75, 3.05) is 7.05 Å². The Morgan fingerprint density at radius 1 is 1.38 bits per heavy atom. The molecule has 0 atom stereocenters. The number of aromatic nitrogens is 1. The highest BCUT2D eigenvalue weighted by Gasteiger charge is 2.09. The Morgan fingerprint density at radius 3 is 2.69 bits per heavy atom. The summed E-state index contributed by atoms with van der Waals surface area (Å²) in [6.45, 7) is 0.700. The zero-order valence-corrected chi connectivity index (χ0v) is 11.8. The van der Waals surface area contributed by atoms with Crippen LogP contribution in [0, 0.1) is 0 Å². The average molecular weight is 318 g/mol. The minimum absolute atomic E-state index is 0.700. The first-order chi connectivity index (χ1) is 7.70. The number of halogens is 2. The molecule has 0 saturated carbocycles. The van der Waals surface area contributed by atoms with Gasteiger partial charge in [0.05, 0.1) is 5.69 Å². The molecule has 1 aromatic heterocycles. The molecule has 0 spiro atoms. The van der Waals surface area contributed by atoms with Crippen molar-refractivity contribution in [1.29, 1.82) is 0 Å². The third-order valence-corrected chi connectivity index (χ3v) is 4.00. The number of benzene rings is 1. The smallest absolute Gasteiger partial charge is 0.125 e. The molecular weight excluding hydrogens is 308 g/mol. The molecule has 0 aliphatic heterocycles. The molecule has 1 aromatic carbocycles. The van der Waals surface area contributed by atoms with E-state index in [1.807, 2.05) is 31.3 Å². The van der Waals surface area contributed by atoms with Crippen LogP contribution in [0.25, 0.3) is 10.6 Å². The summed E-state index contributed by atoms with van der Waals surface area (Å²) < 4.78 is 1.82. The molecule has 0 aliphatic carbocycles. The van der Waals surface area contributed by atoms with E-state index >= 15 is 0 Å². The van der Waals surface area contributed by atoms with E-state index in [9.17, 15) is 0 Å². The van der Waals surface area contributed by atoms with Crippen molar-refractivity contribution in [3.05, 3.63) is 38.8 Å². The van der Waals surface area contributed by atoms with Crippen molar-refractivity contribution < 1.29 is 0 Å². The Hall–Kier alpha value is -0.420. The van der Waals surface area contributed by atoms with Crippen molar-refractivity contribution in [3.8, 4) is 10.6 Å². The van der Waals surface area contributed by atoms with Crippen molar-refractivity contribution in [3.63, 3.8) is 0 Å². The monoisotopic (exact) mass is 316 g/mol. The van der Waals surface area contributed by atoms with Crippen LogP contribution in [0.1, 0.15) is 5.69 Å². The van der Waals surface area contributed by atoms with Gasteiger partial charge in [0.2, 0.25) is 0 Å². The molecule has 2 rings (SSSR count). The zero-order chi connectivity index (χ0) is 11.5. The minimum Gasteiger partial charge on any atom is -0.314 e. The number of hydrogen-bond donors (Lipinski definition) is 1. The standard InChI is InChI=1S/C11H10BrClN2S/c1-14-6-9-10(13)16-11(15-9)7-2-4-8(12)5-3-7/h2-5,14H,6H2,1H3. The first-order valence-electron chi connectivity index (χ1n) is 4.76. The van der Waals surface area contributed by atoms with Crippen LogP contribution < -0.4 is 5.32 Å². The van der Waals surface area contributed by atoms with Gasteiger partial charge >= 0.3 is 0 Å². The summed E-state index contributed by atoms with van der Waals surface area (Å²) in [5.41, 5.74) is 2.00. The maximum Gasteiger partial charge on any atom is 0.125 e. The molecule has 16 heavy (non-hydrogen) atoms. The predicted octanol–water partition coefficient (Wildman–Crippen LogP) is 3.95. The molecule has 1 N–H and O–H groups in total. The van der Waals surface area contributed by atoms with Crippen LogP contribution in [0.15, 0.2) is 28.7 Å². The van der Waals surface area contributed by atoms with Crippen molar-refractivity contribution >= 4 is 38.9 Å². The molecule has 0 fully saturated rings. The molecule has 0 radical (unpaired) electrons. The van der Waals surface area contributed by atoms with Crippen LogP contribution in [0.3, 0.4) is 0 Å². The van der Waals surface area contributed by atoms with Gasteiger partial charge in [0.15, 0.2) is 0 Å². The fraction of sp³-hybridized carbons (Fsp3) is 0.182. The summed E-state index contributed by atoms with van der Waals surface area (Å²) in [7, 11) is 1.88. The predicted molar refractivity (Wildman–Crippen MR) is 73.0 cm³/mol. The van der Waals surface area contributed by atoms with Crippen LogP contribution in [0.4, 0.5) is 0 Å². The Morgan fingerprint density at radius 2 is 2.06 bits per heavy atom. The molecule has 1 heterocycles. The van der Waals surface area contributed by atoms with Gasteiger partial charge in [-0.15, -0.1) is 11.3 Å². The topological polar surface area (TPSA) is 24.9 Å². The number of rotatable bonds is 3. The normalized spacial score (nSPS) is 10.7. The van der Waals surface area contributed by atoms with E-state index in [0.29, 0.717) is 6.54 Å². The maximum absolute atomic E-state index is 6.11. The van der Waals surface area contributed by atoms with Gasteiger partial charge in [0, 0.05) is 16.6 Å². The number of nitrogens with zero attached hydrogens (tertiary/aromatic N) is 1.